The molecule has 0 spiro atoms. The lowest BCUT2D eigenvalue weighted by molar-refractivity contribution is -0.119. The Morgan fingerprint density at radius 3 is 2.75 bits per heavy atom. The number of nitrogens with zero attached hydrogens (tertiary/aromatic N) is 1. The standard InChI is InChI=1S/C10H19NO/c1-8-5-4-6-11(10(8)3)7-9(2)12/h8,10H,4-7H2,1-3H3. The summed E-state index contributed by atoms with van der Waals surface area (Å²) in [5.74, 6) is 1.04. The Morgan fingerprint density at radius 1 is 1.50 bits per heavy atom. The molecule has 1 aliphatic heterocycles. The van der Waals surface area contributed by atoms with E-state index in [0.29, 0.717) is 12.6 Å². The van der Waals surface area contributed by atoms with E-state index in [1.807, 2.05) is 0 Å². The van der Waals surface area contributed by atoms with Gasteiger partial charge < -0.3 is 0 Å². The monoisotopic (exact) mass is 169 g/mol. The highest BCUT2D eigenvalue weighted by Gasteiger charge is 2.24. The van der Waals surface area contributed by atoms with Gasteiger partial charge >= 0.3 is 0 Å². The second-order valence-electron chi connectivity index (χ2n) is 4.03. The van der Waals surface area contributed by atoms with Crippen molar-refractivity contribution < 1.29 is 4.79 Å². The van der Waals surface area contributed by atoms with Crippen molar-refractivity contribution in [2.45, 2.75) is 39.7 Å². The van der Waals surface area contributed by atoms with Crippen LogP contribution in [0, 0.1) is 5.92 Å². The number of carbonyl (C=O) groups excluding carboxylic acids is 1. The SMILES string of the molecule is CC(=O)CN1CCCC(C)C1C. The van der Waals surface area contributed by atoms with Crippen molar-refractivity contribution in [3.05, 3.63) is 0 Å². The van der Waals surface area contributed by atoms with Crippen molar-refractivity contribution in [2.24, 2.45) is 5.92 Å². The molecule has 70 valence electrons. The summed E-state index contributed by atoms with van der Waals surface area (Å²) in [5.41, 5.74) is 0. The molecule has 0 saturated carbocycles. The molecule has 1 rings (SSSR count). The van der Waals surface area contributed by atoms with Crippen LogP contribution in [0.4, 0.5) is 0 Å². The minimum atomic E-state index is 0.288. The lowest BCUT2D eigenvalue weighted by Crippen LogP contribution is -2.44. The molecule has 0 amide bonds. The summed E-state index contributed by atoms with van der Waals surface area (Å²) in [4.78, 5) is 13.2. The number of hydrogen-bond acceptors (Lipinski definition) is 2. The second-order valence-corrected chi connectivity index (χ2v) is 4.03. The molecule has 0 aromatic heterocycles. The molecule has 2 heteroatoms. The number of Topliss-reactive ketones (excluding diaryl/α,β-unsaturated/α-hetero) is 1. The Hall–Kier alpha value is -0.370. The fraction of sp³-hybridized carbons (Fsp3) is 0.900. The molecule has 0 aliphatic carbocycles. The molecule has 0 radical (unpaired) electrons. The number of hydrogen-bond donors (Lipinski definition) is 0. The maximum Gasteiger partial charge on any atom is 0.143 e. The van der Waals surface area contributed by atoms with Gasteiger partial charge in [-0.1, -0.05) is 6.92 Å². The molecule has 1 aliphatic rings. The first-order valence-corrected chi connectivity index (χ1v) is 4.84. The van der Waals surface area contributed by atoms with Gasteiger partial charge in [-0.05, 0) is 39.2 Å². The van der Waals surface area contributed by atoms with Gasteiger partial charge in [0.15, 0.2) is 0 Å². The summed E-state index contributed by atoms with van der Waals surface area (Å²) in [6.45, 7) is 7.92. The molecule has 1 heterocycles. The topological polar surface area (TPSA) is 20.3 Å². The maximum absolute atomic E-state index is 10.9. The smallest absolute Gasteiger partial charge is 0.143 e. The largest absolute Gasteiger partial charge is 0.299 e. The molecule has 1 saturated heterocycles. The summed E-state index contributed by atoms with van der Waals surface area (Å²) in [6.07, 6.45) is 2.56. The van der Waals surface area contributed by atoms with E-state index in [9.17, 15) is 4.79 Å². The highest BCUT2D eigenvalue weighted by Crippen LogP contribution is 2.22. The fourth-order valence-electron chi connectivity index (χ4n) is 1.93. The first kappa shape index (κ1) is 9.72. The highest BCUT2D eigenvalue weighted by atomic mass is 16.1. The Bertz CT molecular complexity index is 167. The van der Waals surface area contributed by atoms with Crippen molar-refractivity contribution >= 4 is 5.78 Å². The number of carbonyl (C=O) groups is 1. The van der Waals surface area contributed by atoms with E-state index in [-0.39, 0.29) is 5.78 Å². The Kier molecular flexibility index (Phi) is 3.27. The zero-order valence-corrected chi connectivity index (χ0v) is 8.34. The van der Waals surface area contributed by atoms with Gasteiger partial charge in [0.25, 0.3) is 0 Å². The zero-order valence-electron chi connectivity index (χ0n) is 8.34. The zero-order chi connectivity index (χ0) is 9.14. The molecule has 0 N–H and O–H groups in total. The Labute approximate surface area is 74.9 Å². The van der Waals surface area contributed by atoms with Crippen LogP contribution in [0.1, 0.15) is 33.6 Å². The number of piperidine rings is 1. The molecule has 0 aromatic rings. The summed E-state index contributed by atoms with van der Waals surface area (Å²) in [6, 6.07) is 0.586. The number of likely N-dealkylation sites (tertiary alicyclic amines) is 1. The van der Waals surface area contributed by atoms with Gasteiger partial charge in [0, 0.05) is 6.04 Å². The molecule has 0 aromatic carbocycles. The molecule has 2 unspecified atom stereocenters. The Balaban J connectivity index is 2.46. The van der Waals surface area contributed by atoms with E-state index in [0.717, 1.165) is 12.5 Å². The average Bonchev–Trinajstić information content (AvgIpc) is 1.98. The van der Waals surface area contributed by atoms with Gasteiger partial charge in [-0.25, -0.2) is 0 Å². The summed E-state index contributed by atoms with van der Waals surface area (Å²) in [5, 5.41) is 0. The molecule has 12 heavy (non-hydrogen) atoms. The van der Waals surface area contributed by atoms with Crippen LogP contribution in [0.3, 0.4) is 0 Å². The van der Waals surface area contributed by atoms with Gasteiger partial charge in [0.05, 0.1) is 6.54 Å². The van der Waals surface area contributed by atoms with Crippen LogP contribution in [-0.2, 0) is 4.79 Å². The van der Waals surface area contributed by atoms with E-state index < -0.39 is 0 Å². The first-order valence-electron chi connectivity index (χ1n) is 4.84. The van der Waals surface area contributed by atoms with Crippen molar-refractivity contribution in [1.29, 1.82) is 0 Å². The van der Waals surface area contributed by atoms with Crippen molar-refractivity contribution in [3.8, 4) is 0 Å². The predicted octanol–water partition coefficient (Wildman–Crippen LogP) is 1.70. The van der Waals surface area contributed by atoms with Crippen molar-refractivity contribution in [2.75, 3.05) is 13.1 Å². The minimum absolute atomic E-state index is 0.288. The fourth-order valence-corrected chi connectivity index (χ4v) is 1.93. The van der Waals surface area contributed by atoms with Crippen LogP contribution >= 0.6 is 0 Å². The highest BCUT2D eigenvalue weighted by molar-refractivity contribution is 5.77. The first-order chi connectivity index (χ1) is 5.61. The molecule has 0 bridgehead atoms. The van der Waals surface area contributed by atoms with Crippen molar-refractivity contribution in [3.63, 3.8) is 0 Å². The van der Waals surface area contributed by atoms with Crippen LogP contribution in [0.5, 0.6) is 0 Å². The van der Waals surface area contributed by atoms with Gasteiger partial charge in [-0.3, -0.25) is 9.69 Å². The molecular formula is C10H19NO. The van der Waals surface area contributed by atoms with E-state index in [1.54, 1.807) is 6.92 Å². The van der Waals surface area contributed by atoms with Crippen LogP contribution in [0.2, 0.25) is 0 Å². The third-order valence-electron chi connectivity index (χ3n) is 2.93. The predicted molar refractivity (Wildman–Crippen MR) is 50.1 cm³/mol. The number of ketones is 1. The lowest BCUT2D eigenvalue weighted by Gasteiger charge is -2.37. The van der Waals surface area contributed by atoms with Gasteiger partial charge in [0.2, 0.25) is 0 Å². The van der Waals surface area contributed by atoms with Crippen LogP contribution < -0.4 is 0 Å². The van der Waals surface area contributed by atoms with Gasteiger partial charge in [0.1, 0.15) is 5.78 Å². The Morgan fingerprint density at radius 2 is 2.17 bits per heavy atom. The van der Waals surface area contributed by atoms with Crippen LogP contribution in [0.25, 0.3) is 0 Å². The second kappa shape index (κ2) is 4.04. The van der Waals surface area contributed by atoms with Gasteiger partial charge in [-0.2, -0.15) is 0 Å². The van der Waals surface area contributed by atoms with Crippen molar-refractivity contribution in [1.82, 2.24) is 4.90 Å². The third kappa shape index (κ3) is 2.31. The normalized spacial score (nSPS) is 31.9. The summed E-state index contributed by atoms with van der Waals surface area (Å²) < 4.78 is 0. The third-order valence-corrected chi connectivity index (χ3v) is 2.93. The number of rotatable bonds is 2. The van der Waals surface area contributed by atoms with Crippen LogP contribution in [0.15, 0.2) is 0 Å². The maximum atomic E-state index is 10.9. The van der Waals surface area contributed by atoms with Gasteiger partial charge in [-0.15, -0.1) is 0 Å². The average molecular weight is 169 g/mol. The van der Waals surface area contributed by atoms with Crippen LogP contribution in [-0.4, -0.2) is 29.8 Å². The van der Waals surface area contributed by atoms with E-state index in [2.05, 4.69) is 18.7 Å². The van der Waals surface area contributed by atoms with E-state index >= 15 is 0 Å². The molecule has 2 nitrogen and oxygen atoms in total. The molecule has 2 atom stereocenters. The quantitative estimate of drug-likeness (QED) is 0.627. The summed E-state index contributed by atoms with van der Waals surface area (Å²) >= 11 is 0. The van der Waals surface area contributed by atoms with E-state index in [1.165, 1.54) is 12.8 Å². The molecule has 1 fully saturated rings. The van der Waals surface area contributed by atoms with E-state index in [4.69, 9.17) is 0 Å². The molecular weight excluding hydrogens is 150 g/mol. The minimum Gasteiger partial charge on any atom is -0.299 e. The summed E-state index contributed by atoms with van der Waals surface area (Å²) in [7, 11) is 0. The lowest BCUT2D eigenvalue weighted by atomic mass is 9.92.